The number of aryl methyl sites for hydroxylation is 2. The van der Waals surface area contributed by atoms with Gasteiger partial charge in [-0.2, -0.15) is 5.26 Å². The lowest BCUT2D eigenvalue weighted by molar-refractivity contribution is -0.116. The number of nitrogens with one attached hydrogen (secondary N) is 2. The lowest BCUT2D eigenvalue weighted by Crippen LogP contribution is -2.13. The summed E-state index contributed by atoms with van der Waals surface area (Å²) in [4.78, 5) is 23.3. The molecule has 0 aromatic heterocycles. The molecule has 0 saturated carbocycles. The second kappa shape index (κ2) is 8.49. The summed E-state index contributed by atoms with van der Waals surface area (Å²) in [5, 5.41) is 13.9. The minimum atomic E-state index is -0.354. The van der Waals surface area contributed by atoms with E-state index in [0.717, 1.165) is 5.56 Å². The molecule has 0 aliphatic carbocycles. The van der Waals surface area contributed by atoms with Gasteiger partial charge in [0.1, 0.15) is 6.42 Å². The molecule has 5 heteroatoms. The standard InChI is InChI=1S/C19H19N3O2/c1-14-2-4-15(5-3-14)6-11-18(23)21-16-7-9-17(10-8-16)22-19(24)12-13-20/h2-5,7-10H,6,11-12H2,1H3,(H,21,23)(H,22,24). The Morgan fingerprint density at radius 2 is 1.46 bits per heavy atom. The molecule has 0 unspecified atom stereocenters. The van der Waals surface area contributed by atoms with E-state index in [0.29, 0.717) is 24.2 Å². The maximum absolute atomic E-state index is 12.0. The number of benzene rings is 2. The maximum atomic E-state index is 12.0. The number of amides is 2. The summed E-state index contributed by atoms with van der Waals surface area (Å²) >= 11 is 0. The monoisotopic (exact) mass is 321 g/mol. The predicted octanol–water partition coefficient (Wildman–Crippen LogP) is 3.42. The molecule has 5 nitrogen and oxygen atoms in total. The molecule has 0 radical (unpaired) electrons. The fourth-order valence-corrected chi connectivity index (χ4v) is 2.15. The number of anilines is 2. The second-order valence-corrected chi connectivity index (χ2v) is 5.49. The summed E-state index contributed by atoms with van der Waals surface area (Å²) in [6.07, 6.45) is 0.912. The van der Waals surface area contributed by atoms with Crippen LogP contribution in [0.15, 0.2) is 48.5 Å². The van der Waals surface area contributed by atoms with Gasteiger partial charge in [0.15, 0.2) is 0 Å². The molecular formula is C19H19N3O2. The molecule has 2 N–H and O–H groups in total. The highest BCUT2D eigenvalue weighted by Crippen LogP contribution is 2.14. The number of carbonyl (C=O) groups is 2. The topological polar surface area (TPSA) is 82.0 Å². The first-order chi connectivity index (χ1) is 11.6. The SMILES string of the molecule is Cc1ccc(CCC(=O)Nc2ccc(NC(=O)CC#N)cc2)cc1. The van der Waals surface area contributed by atoms with Gasteiger partial charge in [-0.3, -0.25) is 9.59 Å². The molecule has 0 fully saturated rings. The fourth-order valence-electron chi connectivity index (χ4n) is 2.15. The van der Waals surface area contributed by atoms with Gasteiger partial charge < -0.3 is 10.6 Å². The van der Waals surface area contributed by atoms with Crippen LogP contribution in [0.4, 0.5) is 11.4 Å². The highest BCUT2D eigenvalue weighted by atomic mass is 16.2. The van der Waals surface area contributed by atoms with Crippen molar-refractivity contribution in [2.24, 2.45) is 0 Å². The quantitative estimate of drug-likeness (QED) is 0.855. The van der Waals surface area contributed by atoms with Gasteiger partial charge in [-0.05, 0) is 43.2 Å². The molecule has 0 atom stereocenters. The van der Waals surface area contributed by atoms with Crippen molar-refractivity contribution >= 4 is 23.2 Å². The highest BCUT2D eigenvalue weighted by Gasteiger charge is 2.05. The van der Waals surface area contributed by atoms with Gasteiger partial charge in [-0.25, -0.2) is 0 Å². The van der Waals surface area contributed by atoms with Crippen molar-refractivity contribution in [1.82, 2.24) is 0 Å². The molecule has 24 heavy (non-hydrogen) atoms. The third-order valence-corrected chi connectivity index (χ3v) is 3.45. The van der Waals surface area contributed by atoms with Gasteiger partial charge in [0.05, 0.1) is 6.07 Å². The molecule has 0 aliphatic rings. The molecule has 0 spiro atoms. The Morgan fingerprint density at radius 3 is 2.00 bits per heavy atom. The van der Waals surface area contributed by atoms with Crippen LogP contribution >= 0.6 is 0 Å². The lowest BCUT2D eigenvalue weighted by Gasteiger charge is -2.07. The first-order valence-corrected chi connectivity index (χ1v) is 7.69. The number of hydrogen-bond donors (Lipinski definition) is 2. The van der Waals surface area contributed by atoms with Crippen LogP contribution in [0.3, 0.4) is 0 Å². The summed E-state index contributed by atoms with van der Waals surface area (Å²) in [5.74, 6) is -0.413. The van der Waals surface area contributed by atoms with Crippen molar-refractivity contribution in [2.75, 3.05) is 10.6 Å². The number of nitriles is 1. The van der Waals surface area contributed by atoms with Crippen molar-refractivity contribution in [3.8, 4) is 6.07 Å². The van der Waals surface area contributed by atoms with E-state index in [-0.39, 0.29) is 18.2 Å². The van der Waals surface area contributed by atoms with Crippen molar-refractivity contribution < 1.29 is 9.59 Å². The molecule has 2 rings (SSSR count). The zero-order chi connectivity index (χ0) is 17.4. The summed E-state index contributed by atoms with van der Waals surface area (Å²) in [7, 11) is 0. The van der Waals surface area contributed by atoms with Gasteiger partial charge >= 0.3 is 0 Å². The fraction of sp³-hybridized carbons (Fsp3) is 0.211. The molecule has 0 heterocycles. The van der Waals surface area contributed by atoms with Gasteiger partial charge in [0, 0.05) is 17.8 Å². The average molecular weight is 321 g/mol. The van der Waals surface area contributed by atoms with E-state index in [1.807, 2.05) is 31.2 Å². The number of nitrogens with zero attached hydrogens (tertiary/aromatic N) is 1. The van der Waals surface area contributed by atoms with Crippen LogP contribution in [-0.2, 0) is 16.0 Å². The average Bonchev–Trinajstić information content (AvgIpc) is 2.56. The summed E-state index contributed by atoms with van der Waals surface area (Å²) < 4.78 is 0. The Balaban J connectivity index is 1.82. The number of hydrogen-bond acceptors (Lipinski definition) is 3. The van der Waals surface area contributed by atoms with Gasteiger partial charge in [-0.1, -0.05) is 29.8 Å². The van der Waals surface area contributed by atoms with Crippen molar-refractivity contribution in [1.29, 1.82) is 5.26 Å². The van der Waals surface area contributed by atoms with Gasteiger partial charge in [0.25, 0.3) is 0 Å². The van der Waals surface area contributed by atoms with Crippen molar-refractivity contribution in [3.63, 3.8) is 0 Å². The third-order valence-electron chi connectivity index (χ3n) is 3.45. The highest BCUT2D eigenvalue weighted by molar-refractivity contribution is 5.93. The molecule has 0 aliphatic heterocycles. The second-order valence-electron chi connectivity index (χ2n) is 5.49. The molecule has 2 aromatic rings. The van der Waals surface area contributed by atoms with Crippen molar-refractivity contribution in [3.05, 3.63) is 59.7 Å². The Bertz CT molecular complexity index is 744. The number of carbonyl (C=O) groups excluding carboxylic acids is 2. The largest absolute Gasteiger partial charge is 0.326 e. The Morgan fingerprint density at radius 1 is 0.917 bits per heavy atom. The van der Waals surface area contributed by atoms with Crippen LogP contribution in [0.25, 0.3) is 0 Å². The lowest BCUT2D eigenvalue weighted by atomic mass is 10.1. The smallest absolute Gasteiger partial charge is 0.238 e. The summed E-state index contributed by atoms with van der Waals surface area (Å²) in [5.41, 5.74) is 3.59. The van der Waals surface area contributed by atoms with Crippen LogP contribution in [0.1, 0.15) is 24.0 Å². The third kappa shape index (κ3) is 5.58. The normalized spacial score (nSPS) is 9.83. The molecular weight excluding hydrogens is 302 g/mol. The van der Waals surface area contributed by atoms with E-state index in [1.54, 1.807) is 30.3 Å². The van der Waals surface area contributed by atoms with E-state index in [4.69, 9.17) is 5.26 Å². The Labute approximate surface area is 141 Å². The Kier molecular flexibility index (Phi) is 6.09. The molecule has 0 saturated heterocycles. The van der Waals surface area contributed by atoms with Gasteiger partial charge in [0.2, 0.25) is 11.8 Å². The molecule has 0 bridgehead atoms. The van der Waals surface area contributed by atoms with E-state index in [9.17, 15) is 9.59 Å². The van der Waals surface area contributed by atoms with Crippen LogP contribution < -0.4 is 10.6 Å². The van der Waals surface area contributed by atoms with Crippen LogP contribution in [0.5, 0.6) is 0 Å². The zero-order valence-corrected chi connectivity index (χ0v) is 13.5. The van der Waals surface area contributed by atoms with E-state index in [2.05, 4.69) is 10.6 Å². The first kappa shape index (κ1) is 17.2. The van der Waals surface area contributed by atoms with E-state index >= 15 is 0 Å². The molecule has 122 valence electrons. The first-order valence-electron chi connectivity index (χ1n) is 7.69. The van der Waals surface area contributed by atoms with Crippen LogP contribution in [0, 0.1) is 18.3 Å². The van der Waals surface area contributed by atoms with E-state index < -0.39 is 0 Å². The summed E-state index contributed by atoms with van der Waals surface area (Å²) in [6, 6.07) is 16.7. The Hall–Kier alpha value is -3.13. The summed E-state index contributed by atoms with van der Waals surface area (Å²) in [6.45, 7) is 2.03. The van der Waals surface area contributed by atoms with Crippen LogP contribution in [0.2, 0.25) is 0 Å². The van der Waals surface area contributed by atoms with Crippen molar-refractivity contribution in [2.45, 2.75) is 26.2 Å². The minimum Gasteiger partial charge on any atom is -0.326 e. The molecule has 2 aromatic carbocycles. The minimum absolute atomic E-state index is 0.0585. The van der Waals surface area contributed by atoms with Gasteiger partial charge in [-0.15, -0.1) is 0 Å². The zero-order valence-electron chi connectivity index (χ0n) is 13.5. The molecule has 2 amide bonds. The maximum Gasteiger partial charge on any atom is 0.238 e. The van der Waals surface area contributed by atoms with E-state index in [1.165, 1.54) is 5.56 Å². The number of rotatable bonds is 6. The predicted molar refractivity (Wildman–Crippen MR) is 93.4 cm³/mol. The van der Waals surface area contributed by atoms with Crippen LogP contribution in [-0.4, -0.2) is 11.8 Å².